The van der Waals surface area contributed by atoms with E-state index in [9.17, 15) is 4.79 Å². The van der Waals surface area contributed by atoms with Gasteiger partial charge in [0.05, 0.1) is 13.0 Å². The van der Waals surface area contributed by atoms with Gasteiger partial charge in [0.1, 0.15) is 0 Å². The minimum Gasteiger partial charge on any atom is -0.469 e. The summed E-state index contributed by atoms with van der Waals surface area (Å²) in [5.41, 5.74) is 0. The van der Waals surface area contributed by atoms with Crippen LogP contribution >= 0.6 is 0 Å². The third-order valence-corrected chi connectivity index (χ3v) is 2.54. The van der Waals surface area contributed by atoms with Crippen LogP contribution in [-0.2, 0) is 9.53 Å². The molecule has 0 amide bonds. The lowest BCUT2D eigenvalue weighted by Gasteiger charge is -2.17. The van der Waals surface area contributed by atoms with Crippen LogP contribution in [0, 0.1) is 17.8 Å². The van der Waals surface area contributed by atoms with Gasteiger partial charge in [0, 0.05) is 0 Å². The molecule has 0 aliphatic heterocycles. The highest BCUT2D eigenvalue weighted by molar-refractivity contribution is 5.71. The van der Waals surface area contributed by atoms with Gasteiger partial charge in [0.25, 0.3) is 0 Å². The van der Waals surface area contributed by atoms with E-state index in [1.54, 1.807) is 0 Å². The van der Waals surface area contributed by atoms with Gasteiger partial charge in [-0.05, 0) is 24.7 Å². The molecule has 0 spiro atoms. The van der Waals surface area contributed by atoms with E-state index < -0.39 is 0 Å². The molecule has 2 nitrogen and oxygen atoms in total. The zero-order valence-electron chi connectivity index (χ0n) is 9.75. The third kappa shape index (κ3) is 5.05. The fourth-order valence-electron chi connectivity index (χ4n) is 1.73. The molecular weight excluding hydrogens is 176 g/mol. The van der Waals surface area contributed by atoms with Crippen LogP contribution in [-0.4, -0.2) is 13.1 Å². The Labute approximate surface area is 87.3 Å². The lowest BCUT2D eigenvalue weighted by atomic mass is 9.90. The molecule has 0 aromatic heterocycles. The molecule has 0 aromatic carbocycles. The number of carbonyl (C=O) groups excluding carboxylic acids is 1. The summed E-state index contributed by atoms with van der Waals surface area (Å²) < 4.78 is 4.69. The van der Waals surface area contributed by atoms with Gasteiger partial charge in [-0.1, -0.05) is 26.8 Å². The molecule has 0 saturated heterocycles. The van der Waals surface area contributed by atoms with Crippen LogP contribution in [0.5, 0.6) is 0 Å². The highest BCUT2D eigenvalue weighted by atomic mass is 16.5. The Bertz CT molecular complexity index is 187. The van der Waals surface area contributed by atoms with Crippen LogP contribution < -0.4 is 0 Å². The summed E-state index contributed by atoms with van der Waals surface area (Å²) in [6, 6.07) is 0. The summed E-state index contributed by atoms with van der Waals surface area (Å²) in [5.74, 6) is 0.960. The molecule has 0 radical (unpaired) electrons. The molecule has 0 saturated carbocycles. The van der Waals surface area contributed by atoms with Crippen molar-refractivity contribution >= 4 is 5.97 Å². The minimum atomic E-state index is -0.108. The van der Waals surface area contributed by atoms with Gasteiger partial charge in [-0.15, -0.1) is 6.58 Å². The quantitative estimate of drug-likeness (QED) is 0.484. The second-order valence-corrected chi connectivity index (χ2v) is 4.21. The van der Waals surface area contributed by atoms with Gasteiger partial charge in [-0.3, -0.25) is 4.79 Å². The van der Waals surface area contributed by atoms with E-state index in [0.717, 1.165) is 12.8 Å². The molecule has 14 heavy (non-hydrogen) atoms. The second-order valence-electron chi connectivity index (χ2n) is 4.21. The van der Waals surface area contributed by atoms with Crippen LogP contribution in [0.4, 0.5) is 0 Å². The van der Waals surface area contributed by atoms with E-state index in [-0.39, 0.29) is 11.9 Å². The van der Waals surface area contributed by atoms with E-state index in [0.29, 0.717) is 11.8 Å². The first kappa shape index (κ1) is 13.2. The molecular formula is C12H22O2. The van der Waals surface area contributed by atoms with Gasteiger partial charge in [-0.25, -0.2) is 0 Å². The van der Waals surface area contributed by atoms with Crippen LogP contribution in [0.15, 0.2) is 12.7 Å². The van der Waals surface area contributed by atoms with Crippen LogP contribution in [0.2, 0.25) is 0 Å². The van der Waals surface area contributed by atoms with Crippen molar-refractivity contribution in [1.29, 1.82) is 0 Å². The first-order valence-electron chi connectivity index (χ1n) is 5.21. The van der Waals surface area contributed by atoms with Gasteiger partial charge >= 0.3 is 5.97 Å². The predicted molar refractivity (Wildman–Crippen MR) is 58.9 cm³/mol. The average Bonchev–Trinajstić information content (AvgIpc) is 2.15. The molecule has 0 N–H and O–H groups in total. The standard InChI is InChI=1S/C12H22O2/c1-6-9(2)7-10(3)8-11(4)12(13)14-5/h6,9-11H,1,7-8H2,2-5H3/t9-,10-,11-/m1/s1. The van der Waals surface area contributed by atoms with Crippen molar-refractivity contribution in [3.8, 4) is 0 Å². The number of allylic oxidation sites excluding steroid dienone is 1. The summed E-state index contributed by atoms with van der Waals surface area (Å²) >= 11 is 0. The summed E-state index contributed by atoms with van der Waals surface area (Å²) in [5, 5.41) is 0. The summed E-state index contributed by atoms with van der Waals surface area (Å²) in [6.07, 6.45) is 3.94. The van der Waals surface area contributed by atoms with Crippen molar-refractivity contribution < 1.29 is 9.53 Å². The lowest BCUT2D eigenvalue weighted by Crippen LogP contribution is -2.16. The molecule has 0 bridgehead atoms. The molecule has 3 atom stereocenters. The van der Waals surface area contributed by atoms with Crippen molar-refractivity contribution in [2.45, 2.75) is 33.6 Å². The van der Waals surface area contributed by atoms with Gasteiger partial charge in [-0.2, -0.15) is 0 Å². The topological polar surface area (TPSA) is 26.3 Å². The van der Waals surface area contributed by atoms with E-state index >= 15 is 0 Å². The highest BCUT2D eigenvalue weighted by Gasteiger charge is 2.17. The number of hydrogen-bond acceptors (Lipinski definition) is 2. The van der Waals surface area contributed by atoms with E-state index in [4.69, 9.17) is 0 Å². The summed E-state index contributed by atoms with van der Waals surface area (Å²) in [4.78, 5) is 11.2. The normalized spacial score (nSPS) is 16.9. The Morgan fingerprint density at radius 3 is 2.36 bits per heavy atom. The Hall–Kier alpha value is -0.790. The number of carbonyl (C=O) groups is 1. The van der Waals surface area contributed by atoms with E-state index in [2.05, 4.69) is 25.2 Å². The molecule has 0 unspecified atom stereocenters. The molecule has 0 aliphatic carbocycles. The van der Waals surface area contributed by atoms with Crippen molar-refractivity contribution in [1.82, 2.24) is 0 Å². The van der Waals surface area contributed by atoms with Crippen molar-refractivity contribution in [2.75, 3.05) is 7.11 Å². The highest BCUT2D eigenvalue weighted by Crippen LogP contribution is 2.20. The molecule has 0 aliphatic rings. The van der Waals surface area contributed by atoms with E-state index in [1.807, 2.05) is 13.0 Å². The smallest absolute Gasteiger partial charge is 0.308 e. The Morgan fingerprint density at radius 2 is 1.93 bits per heavy atom. The number of esters is 1. The van der Waals surface area contributed by atoms with Crippen LogP contribution in [0.1, 0.15) is 33.6 Å². The third-order valence-electron chi connectivity index (χ3n) is 2.54. The molecule has 0 heterocycles. The number of methoxy groups -OCH3 is 1. The summed E-state index contributed by atoms with van der Waals surface area (Å²) in [7, 11) is 1.44. The summed E-state index contributed by atoms with van der Waals surface area (Å²) in [6.45, 7) is 9.98. The monoisotopic (exact) mass is 198 g/mol. The molecule has 0 aromatic rings. The van der Waals surface area contributed by atoms with Crippen molar-refractivity contribution in [3.63, 3.8) is 0 Å². The van der Waals surface area contributed by atoms with Crippen molar-refractivity contribution in [2.24, 2.45) is 17.8 Å². The maximum Gasteiger partial charge on any atom is 0.308 e. The number of hydrogen-bond donors (Lipinski definition) is 0. The van der Waals surface area contributed by atoms with E-state index in [1.165, 1.54) is 7.11 Å². The second kappa shape index (κ2) is 6.63. The number of ether oxygens (including phenoxy) is 1. The SMILES string of the molecule is C=C[C@@H](C)C[C@@H](C)C[C@@H](C)C(=O)OC. The molecule has 2 heteroatoms. The average molecular weight is 198 g/mol. The predicted octanol–water partition coefficient (Wildman–Crippen LogP) is 3.03. The zero-order chi connectivity index (χ0) is 11.1. The Kier molecular flexibility index (Phi) is 6.26. The maximum atomic E-state index is 11.2. The number of rotatable bonds is 6. The fraction of sp³-hybridized carbons (Fsp3) is 0.750. The fourth-order valence-corrected chi connectivity index (χ4v) is 1.73. The Morgan fingerprint density at radius 1 is 1.36 bits per heavy atom. The lowest BCUT2D eigenvalue weighted by molar-refractivity contribution is -0.145. The van der Waals surface area contributed by atoms with Crippen LogP contribution in [0.3, 0.4) is 0 Å². The van der Waals surface area contributed by atoms with Crippen molar-refractivity contribution in [3.05, 3.63) is 12.7 Å². The maximum absolute atomic E-state index is 11.2. The molecule has 0 rings (SSSR count). The zero-order valence-corrected chi connectivity index (χ0v) is 9.75. The molecule has 82 valence electrons. The van der Waals surface area contributed by atoms with Gasteiger partial charge < -0.3 is 4.74 Å². The van der Waals surface area contributed by atoms with Gasteiger partial charge in [0.2, 0.25) is 0 Å². The largest absolute Gasteiger partial charge is 0.469 e. The first-order valence-corrected chi connectivity index (χ1v) is 5.21. The van der Waals surface area contributed by atoms with Crippen LogP contribution in [0.25, 0.3) is 0 Å². The first-order chi connectivity index (χ1) is 6.51. The Balaban J connectivity index is 3.87. The minimum absolute atomic E-state index is 0.00650. The molecule has 0 fully saturated rings. The van der Waals surface area contributed by atoms with Gasteiger partial charge in [0.15, 0.2) is 0 Å².